The summed E-state index contributed by atoms with van der Waals surface area (Å²) in [5.41, 5.74) is 12.6. The van der Waals surface area contributed by atoms with E-state index in [4.69, 9.17) is 15.2 Å². The zero-order valence-electron chi connectivity index (χ0n) is 41.7. The number of hydrogen-bond donors (Lipinski definition) is 4. The summed E-state index contributed by atoms with van der Waals surface area (Å²) < 4.78 is 12.1. The van der Waals surface area contributed by atoms with Gasteiger partial charge in [-0.3, -0.25) is 29.0 Å². The first kappa shape index (κ1) is 52.4. The van der Waals surface area contributed by atoms with Gasteiger partial charge in [0.05, 0.1) is 41.3 Å². The van der Waals surface area contributed by atoms with E-state index in [1.807, 2.05) is 83.8 Å². The van der Waals surface area contributed by atoms with Gasteiger partial charge < -0.3 is 35.8 Å². The van der Waals surface area contributed by atoms with Gasteiger partial charge in [0.2, 0.25) is 17.7 Å². The number of unbranched alkanes of at least 4 members (excludes halogenated alkanes) is 2. The van der Waals surface area contributed by atoms with Crippen LogP contribution in [0.2, 0.25) is 0 Å². The first-order chi connectivity index (χ1) is 34.1. The minimum Gasteiger partial charge on any atom is -0.507 e. The molecule has 0 aliphatic carbocycles. The quantitative estimate of drug-likeness (QED) is 0.0516. The van der Waals surface area contributed by atoms with E-state index in [-0.39, 0.29) is 65.5 Å². The molecule has 17 heteroatoms. The predicted molar refractivity (Wildman–Crippen MR) is 276 cm³/mol. The number of aromatic hydroxyl groups is 1. The van der Waals surface area contributed by atoms with Crippen LogP contribution in [0.5, 0.6) is 17.2 Å². The van der Waals surface area contributed by atoms with E-state index in [2.05, 4.69) is 51.5 Å². The molecule has 4 heterocycles. The van der Waals surface area contributed by atoms with Gasteiger partial charge in [0.1, 0.15) is 29.6 Å². The van der Waals surface area contributed by atoms with Crippen molar-refractivity contribution in [1.29, 1.82) is 0 Å². The molecule has 0 radical (unpaired) electrons. The second-order valence-corrected chi connectivity index (χ2v) is 20.5. The number of nitrogens with zero attached hydrogens (tertiary/aromatic N) is 6. The summed E-state index contributed by atoms with van der Waals surface area (Å²) in [5.74, 6) is 1.34. The number of nitrogen functional groups attached to an aromatic ring is 1. The third-order valence-electron chi connectivity index (χ3n) is 13.3. The van der Waals surface area contributed by atoms with Gasteiger partial charge in [-0.1, -0.05) is 75.7 Å². The molecule has 71 heavy (non-hydrogen) atoms. The maximum absolute atomic E-state index is 13.6. The van der Waals surface area contributed by atoms with Gasteiger partial charge >= 0.3 is 0 Å². The Morgan fingerprint density at radius 3 is 2.39 bits per heavy atom. The lowest BCUT2D eigenvalue weighted by Gasteiger charge is -2.36. The van der Waals surface area contributed by atoms with Crippen molar-refractivity contribution in [2.75, 3.05) is 64.8 Å². The number of aryl methyl sites for hydroxylation is 1. The van der Waals surface area contributed by atoms with Crippen molar-refractivity contribution in [3.8, 4) is 38.9 Å². The number of hydrogen-bond acceptors (Lipinski definition) is 14. The third-order valence-corrected chi connectivity index (χ3v) is 14.3. The van der Waals surface area contributed by atoms with Gasteiger partial charge in [0.25, 0.3) is 0 Å². The number of piperazine rings is 1. The Hall–Kier alpha value is -6.43. The summed E-state index contributed by atoms with van der Waals surface area (Å²) >= 11 is 1.60. The summed E-state index contributed by atoms with van der Waals surface area (Å²) in [6, 6.07) is 23.5. The molecule has 2 aromatic heterocycles. The smallest absolute Gasteiger partial charge is 0.238 e. The first-order valence-corrected chi connectivity index (χ1v) is 25.6. The lowest BCUT2D eigenvalue weighted by molar-refractivity contribution is -0.133. The molecule has 7 rings (SSSR count). The van der Waals surface area contributed by atoms with Crippen LogP contribution in [0.15, 0.2) is 84.4 Å². The molecule has 5 N–H and O–H groups in total. The van der Waals surface area contributed by atoms with Crippen molar-refractivity contribution in [3.63, 3.8) is 0 Å². The number of phenols is 1. The van der Waals surface area contributed by atoms with Crippen LogP contribution < -0.4 is 25.8 Å². The number of benzene rings is 3. The number of Topliss-reactive ketones (excluding diaryl/α,β-unsaturated/α-hetero) is 1. The van der Waals surface area contributed by atoms with Gasteiger partial charge in [-0.25, -0.2) is 4.98 Å². The van der Waals surface area contributed by atoms with Crippen LogP contribution in [0.4, 0.5) is 5.82 Å². The highest BCUT2D eigenvalue weighted by molar-refractivity contribution is 7.13. The molecule has 3 amide bonds. The lowest BCUT2D eigenvalue weighted by Crippen LogP contribution is -2.54. The average Bonchev–Trinajstić information content (AvgIpc) is 3.96. The number of nitrogens with two attached hydrogens (primary N) is 1. The average molecular weight is 988 g/mol. The Bertz CT molecular complexity index is 2590. The molecular weight excluding hydrogens is 919 g/mol. The minimum atomic E-state index is -0.610. The van der Waals surface area contributed by atoms with Crippen molar-refractivity contribution < 1.29 is 33.8 Å². The zero-order valence-corrected chi connectivity index (χ0v) is 42.5. The van der Waals surface area contributed by atoms with Gasteiger partial charge in [-0.05, 0) is 73.1 Å². The van der Waals surface area contributed by atoms with Crippen molar-refractivity contribution in [2.24, 2.45) is 5.41 Å². The van der Waals surface area contributed by atoms with Gasteiger partial charge in [0, 0.05) is 82.6 Å². The van der Waals surface area contributed by atoms with Crippen LogP contribution >= 0.6 is 11.3 Å². The molecular formula is C54H69N9O7S. The number of nitrogens with one attached hydrogen (secondary N) is 2. The summed E-state index contributed by atoms with van der Waals surface area (Å²) in [7, 11) is 0. The molecule has 0 bridgehead atoms. The Morgan fingerprint density at radius 2 is 1.66 bits per heavy atom. The Balaban J connectivity index is 0.761. The highest BCUT2D eigenvalue weighted by atomic mass is 32.1. The van der Waals surface area contributed by atoms with E-state index >= 15 is 0 Å². The molecule has 0 unspecified atom stereocenters. The van der Waals surface area contributed by atoms with E-state index in [9.17, 15) is 24.3 Å². The topological polar surface area (TPSA) is 205 Å². The monoisotopic (exact) mass is 988 g/mol. The van der Waals surface area contributed by atoms with Crippen LogP contribution in [-0.2, 0) is 25.6 Å². The molecule has 2 fully saturated rings. The van der Waals surface area contributed by atoms with Crippen LogP contribution in [0, 0.1) is 12.3 Å². The van der Waals surface area contributed by atoms with E-state index in [0.717, 1.165) is 59.1 Å². The molecule has 2 saturated heterocycles. The predicted octanol–water partition coefficient (Wildman–Crippen LogP) is 7.01. The zero-order chi connectivity index (χ0) is 50.5. The number of amides is 3. The molecule has 378 valence electrons. The van der Waals surface area contributed by atoms with E-state index in [1.165, 1.54) is 0 Å². The molecule has 0 saturated carbocycles. The Morgan fingerprint density at radius 1 is 0.901 bits per heavy atom. The molecule has 2 aliphatic heterocycles. The van der Waals surface area contributed by atoms with Crippen LogP contribution in [0.25, 0.3) is 21.7 Å². The fourth-order valence-electron chi connectivity index (χ4n) is 8.93. The van der Waals surface area contributed by atoms with Crippen LogP contribution in [0.3, 0.4) is 0 Å². The van der Waals surface area contributed by atoms with E-state index in [1.54, 1.807) is 35.6 Å². The van der Waals surface area contributed by atoms with Gasteiger partial charge in [-0.2, -0.15) is 0 Å². The fourth-order valence-corrected chi connectivity index (χ4v) is 9.74. The van der Waals surface area contributed by atoms with Crippen LogP contribution in [0.1, 0.15) is 89.1 Å². The Kier molecular flexibility index (Phi) is 18.2. The maximum Gasteiger partial charge on any atom is 0.238 e. The molecule has 3 aromatic carbocycles. The molecule has 5 aromatic rings. The van der Waals surface area contributed by atoms with E-state index < -0.39 is 6.04 Å². The number of thiazole rings is 1. The molecule has 0 spiro atoms. The third kappa shape index (κ3) is 14.8. The number of likely N-dealkylation sites (tertiary alicyclic amines) is 1. The number of aromatic nitrogens is 3. The maximum atomic E-state index is 13.6. The number of phenolic OH excluding ortho intramolecular Hbond substituents is 1. The normalized spacial score (nSPS) is 16.4. The van der Waals surface area contributed by atoms with Gasteiger partial charge in [0.15, 0.2) is 11.6 Å². The lowest BCUT2D eigenvalue weighted by atomic mass is 9.86. The number of ether oxygens (including phenoxy) is 2. The number of ketones is 1. The number of anilines is 1. The fraction of sp³-hybridized carbons (Fsp3) is 0.463. The second kappa shape index (κ2) is 24.6. The first-order valence-electron chi connectivity index (χ1n) is 24.7. The van der Waals surface area contributed by atoms with E-state index in [0.29, 0.717) is 82.0 Å². The standard InChI is InChI=1S/C54H69N9O7S/c1-36(39-18-20-40(21-19-39)51-37(2)56-35-71-51)57-53(68)45-31-41(64)33-63(45)34-48(54(3,4)5)58-49(66)16-7-6-8-17-50(67)62-25-23-61(24-26-62)27-29-69-42-13-11-12-38(30-42)22-28-70-47-32-44(59-60-52(47)55)43-14-9-10-15-46(43)65/h9-15,18-21,30,32,35-36,45,48,65H,6-8,16-17,22-29,31,33-34H2,1-5H3,(H2,55,60)(H,57,68)(H,58,66)/t36-,45-,48+/m0/s1. The molecule has 2 aliphatic rings. The second-order valence-electron chi connectivity index (χ2n) is 19.7. The summed E-state index contributed by atoms with van der Waals surface area (Å²) in [5, 5.41) is 24.7. The van der Waals surface area contributed by atoms with Crippen molar-refractivity contribution in [3.05, 3.63) is 101 Å². The summed E-state index contributed by atoms with van der Waals surface area (Å²) in [6.45, 7) is 15.2. The summed E-state index contributed by atoms with van der Waals surface area (Å²) in [6.07, 6.45) is 3.69. The highest BCUT2D eigenvalue weighted by Crippen LogP contribution is 2.32. The highest BCUT2D eigenvalue weighted by Gasteiger charge is 2.39. The van der Waals surface area contributed by atoms with Crippen molar-refractivity contribution in [2.45, 2.75) is 97.7 Å². The van der Waals surface area contributed by atoms with Crippen molar-refractivity contribution >= 4 is 40.7 Å². The number of rotatable bonds is 22. The number of para-hydroxylation sites is 1. The SMILES string of the molecule is Cc1ncsc1-c1ccc([C@H](C)NC(=O)[C@@H]2CC(=O)CN2C[C@@H](NC(=O)CCCCCC(=O)N2CCN(CCOc3cccc(CCOc4cc(-c5ccccc5O)nnc4N)c3)CC2)C(C)(C)C)cc1. The Labute approximate surface area is 421 Å². The van der Waals surface area contributed by atoms with Crippen molar-refractivity contribution in [1.82, 2.24) is 40.5 Å². The largest absolute Gasteiger partial charge is 0.507 e. The van der Waals surface area contributed by atoms with Gasteiger partial charge in [-0.15, -0.1) is 21.5 Å². The van der Waals surface area contributed by atoms with Crippen LogP contribution in [-0.4, -0.2) is 130 Å². The molecule has 3 atom stereocenters. The summed E-state index contributed by atoms with van der Waals surface area (Å²) in [4.78, 5) is 64.4. The molecule has 16 nitrogen and oxygen atoms in total. The minimum absolute atomic E-state index is 0.0107. The number of carbonyl (C=O) groups excluding carboxylic acids is 4. The number of carbonyl (C=O) groups is 4.